The second-order valence-corrected chi connectivity index (χ2v) is 3.81. The summed E-state index contributed by atoms with van der Waals surface area (Å²) in [4.78, 5) is 1.70. The molecule has 0 saturated carbocycles. The van der Waals surface area contributed by atoms with Crippen molar-refractivity contribution in [2.24, 2.45) is 0 Å². The Bertz CT molecular complexity index is 339. The van der Waals surface area contributed by atoms with Crippen molar-refractivity contribution in [2.75, 3.05) is 18.0 Å². The highest BCUT2D eigenvalue weighted by molar-refractivity contribution is 5.52. The SMILES string of the molecule is Oc1cc(F)c(N2CCCCC2)c(F)c1. The van der Waals surface area contributed by atoms with Gasteiger partial charge < -0.3 is 10.0 Å². The summed E-state index contributed by atoms with van der Waals surface area (Å²) in [7, 11) is 0. The minimum absolute atomic E-state index is 0.00694. The third kappa shape index (κ3) is 2.03. The average Bonchev–Trinajstić information content (AvgIpc) is 2.17. The van der Waals surface area contributed by atoms with Crippen molar-refractivity contribution >= 4 is 5.69 Å². The Labute approximate surface area is 87.1 Å². The standard InChI is InChI=1S/C11H13F2NO/c12-9-6-8(15)7-10(13)11(9)14-4-2-1-3-5-14/h6-7,15H,1-5H2. The first kappa shape index (κ1) is 10.2. The lowest BCUT2D eigenvalue weighted by atomic mass is 10.1. The molecule has 1 aliphatic heterocycles. The van der Waals surface area contributed by atoms with Crippen molar-refractivity contribution in [3.63, 3.8) is 0 Å². The molecule has 0 bridgehead atoms. The second kappa shape index (κ2) is 4.04. The van der Waals surface area contributed by atoms with Crippen LogP contribution in [0, 0.1) is 11.6 Å². The van der Waals surface area contributed by atoms with Gasteiger partial charge in [-0.15, -0.1) is 0 Å². The summed E-state index contributed by atoms with van der Waals surface area (Å²) < 4.78 is 26.9. The van der Waals surface area contributed by atoms with E-state index in [0.29, 0.717) is 13.1 Å². The third-order valence-electron chi connectivity index (χ3n) is 2.67. The molecule has 0 atom stereocenters. The van der Waals surface area contributed by atoms with Crippen LogP contribution in [-0.2, 0) is 0 Å². The minimum atomic E-state index is -0.686. The molecule has 0 amide bonds. The Hall–Kier alpha value is -1.32. The molecule has 2 nitrogen and oxygen atoms in total. The predicted molar refractivity (Wildman–Crippen MR) is 54.1 cm³/mol. The zero-order chi connectivity index (χ0) is 10.8. The molecule has 1 aliphatic rings. The zero-order valence-corrected chi connectivity index (χ0v) is 8.34. The summed E-state index contributed by atoms with van der Waals surface area (Å²) in [5.41, 5.74) is -0.00694. The lowest BCUT2D eigenvalue weighted by Crippen LogP contribution is -2.30. The third-order valence-corrected chi connectivity index (χ3v) is 2.67. The van der Waals surface area contributed by atoms with E-state index in [1.807, 2.05) is 0 Å². The van der Waals surface area contributed by atoms with Gasteiger partial charge >= 0.3 is 0 Å². The highest BCUT2D eigenvalue weighted by Crippen LogP contribution is 2.29. The van der Waals surface area contributed by atoms with Crippen LogP contribution in [0.4, 0.5) is 14.5 Å². The van der Waals surface area contributed by atoms with E-state index in [0.717, 1.165) is 31.4 Å². The van der Waals surface area contributed by atoms with Gasteiger partial charge in [0.2, 0.25) is 0 Å². The minimum Gasteiger partial charge on any atom is -0.508 e. The Morgan fingerprint density at radius 2 is 1.53 bits per heavy atom. The lowest BCUT2D eigenvalue weighted by molar-refractivity contribution is 0.458. The summed E-state index contributed by atoms with van der Waals surface area (Å²) in [6.07, 6.45) is 3.03. The second-order valence-electron chi connectivity index (χ2n) is 3.81. The van der Waals surface area contributed by atoms with Crippen LogP contribution < -0.4 is 4.90 Å². The first-order valence-electron chi connectivity index (χ1n) is 5.11. The molecule has 15 heavy (non-hydrogen) atoms. The van der Waals surface area contributed by atoms with Crippen LogP contribution in [0.5, 0.6) is 5.75 Å². The molecule has 1 heterocycles. The fourth-order valence-corrected chi connectivity index (χ4v) is 1.97. The predicted octanol–water partition coefficient (Wildman–Crippen LogP) is 2.66. The van der Waals surface area contributed by atoms with Crippen LogP contribution in [0.2, 0.25) is 0 Å². The van der Waals surface area contributed by atoms with Gasteiger partial charge in [0.05, 0.1) is 0 Å². The van der Waals surface area contributed by atoms with Gasteiger partial charge in [0, 0.05) is 25.2 Å². The van der Waals surface area contributed by atoms with Gasteiger partial charge in [0.1, 0.15) is 11.4 Å². The molecule has 1 fully saturated rings. The van der Waals surface area contributed by atoms with E-state index in [1.54, 1.807) is 4.90 Å². The molecule has 0 unspecified atom stereocenters. The first-order valence-corrected chi connectivity index (χ1v) is 5.11. The quantitative estimate of drug-likeness (QED) is 0.775. The van der Waals surface area contributed by atoms with Crippen LogP contribution in [0.25, 0.3) is 0 Å². The van der Waals surface area contributed by atoms with Crippen LogP contribution in [-0.4, -0.2) is 18.2 Å². The molecule has 0 spiro atoms. The van der Waals surface area contributed by atoms with E-state index in [-0.39, 0.29) is 11.4 Å². The van der Waals surface area contributed by atoms with Gasteiger partial charge in [-0.1, -0.05) is 0 Å². The summed E-state index contributed by atoms with van der Waals surface area (Å²) in [5.74, 6) is -1.74. The smallest absolute Gasteiger partial charge is 0.153 e. The van der Waals surface area contributed by atoms with Crippen LogP contribution in [0.1, 0.15) is 19.3 Å². The number of halogens is 2. The topological polar surface area (TPSA) is 23.5 Å². The molecule has 1 N–H and O–H groups in total. The Balaban J connectivity index is 2.33. The van der Waals surface area contributed by atoms with E-state index in [4.69, 9.17) is 5.11 Å². The van der Waals surface area contributed by atoms with Crippen LogP contribution >= 0.6 is 0 Å². The number of hydrogen-bond acceptors (Lipinski definition) is 2. The molecule has 0 aromatic heterocycles. The van der Waals surface area contributed by atoms with Crippen LogP contribution in [0.15, 0.2) is 12.1 Å². The Morgan fingerprint density at radius 1 is 1.00 bits per heavy atom. The number of phenols is 1. The van der Waals surface area contributed by atoms with Gasteiger partial charge in [0.15, 0.2) is 11.6 Å². The first-order chi connectivity index (χ1) is 7.18. The largest absolute Gasteiger partial charge is 0.508 e. The monoisotopic (exact) mass is 213 g/mol. The lowest BCUT2D eigenvalue weighted by Gasteiger charge is -2.29. The summed E-state index contributed by atoms with van der Waals surface area (Å²) in [6.45, 7) is 1.36. The molecular weight excluding hydrogens is 200 g/mol. The van der Waals surface area contributed by atoms with Crippen molar-refractivity contribution in [1.82, 2.24) is 0 Å². The normalized spacial score (nSPS) is 16.8. The van der Waals surface area contributed by atoms with E-state index in [1.165, 1.54) is 0 Å². The molecule has 2 rings (SSSR count). The maximum Gasteiger partial charge on any atom is 0.153 e. The highest BCUT2D eigenvalue weighted by atomic mass is 19.1. The Morgan fingerprint density at radius 3 is 2.07 bits per heavy atom. The van der Waals surface area contributed by atoms with Crippen molar-refractivity contribution < 1.29 is 13.9 Å². The van der Waals surface area contributed by atoms with E-state index < -0.39 is 11.6 Å². The number of piperidine rings is 1. The van der Waals surface area contributed by atoms with E-state index in [2.05, 4.69) is 0 Å². The van der Waals surface area contributed by atoms with Gasteiger partial charge in [-0.25, -0.2) is 8.78 Å². The van der Waals surface area contributed by atoms with Gasteiger partial charge in [0.25, 0.3) is 0 Å². The maximum atomic E-state index is 13.5. The zero-order valence-electron chi connectivity index (χ0n) is 8.34. The number of rotatable bonds is 1. The van der Waals surface area contributed by atoms with Gasteiger partial charge in [-0.3, -0.25) is 0 Å². The number of anilines is 1. The van der Waals surface area contributed by atoms with E-state index in [9.17, 15) is 8.78 Å². The summed E-state index contributed by atoms with van der Waals surface area (Å²) in [6, 6.07) is 1.90. The number of hydrogen-bond donors (Lipinski definition) is 1. The number of nitrogens with zero attached hydrogens (tertiary/aromatic N) is 1. The number of aromatic hydroxyl groups is 1. The number of phenolic OH excluding ortho intramolecular Hbond substituents is 1. The average molecular weight is 213 g/mol. The molecule has 4 heteroatoms. The Kier molecular flexibility index (Phi) is 2.75. The fraction of sp³-hybridized carbons (Fsp3) is 0.455. The summed E-state index contributed by atoms with van der Waals surface area (Å²) in [5, 5.41) is 9.02. The molecule has 1 saturated heterocycles. The molecule has 82 valence electrons. The van der Waals surface area contributed by atoms with Crippen molar-refractivity contribution in [1.29, 1.82) is 0 Å². The van der Waals surface area contributed by atoms with E-state index >= 15 is 0 Å². The van der Waals surface area contributed by atoms with Crippen molar-refractivity contribution in [3.05, 3.63) is 23.8 Å². The molecule has 1 aromatic rings. The van der Waals surface area contributed by atoms with Gasteiger partial charge in [-0.2, -0.15) is 0 Å². The van der Waals surface area contributed by atoms with Gasteiger partial charge in [-0.05, 0) is 19.3 Å². The molecule has 0 aliphatic carbocycles. The molecule has 0 radical (unpaired) electrons. The van der Waals surface area contributed by atoms with Crippen molar-refractivity contribution in [3.8, 4) is 5.75 Å². The number of benzene rings is 1. The van der Waals surface area contributed by atoms with Crippen molar-refractivity contribution in [2.45, 2.75) is 19.3 Å². The fourth-order valence-electron chi connectivity index (χ4n) is 1.97. The molecule has 1 aromatic carbocycles. The van der Waals surface area contributed by atoms with Crippen LogP contribution in [0.3, 0.4) is 0 Å². The summed E-state index contributed by atoms with van der Waals surface area (Å²) >= 11 is 0. The molecular formula is C11H13F2NO. The highest BCUT2D eigenvalue weighted by Gasteiger charge is 2.19. The maximum absolute atomic E-state index is 13.5.